The first-order valence-corrected chi connectivity index (χ1v) is 15.5. The fourth-order valence-electron chi connectivity index (χ4n) is 4.54. The van der Waals surface area contributed by atoms with Crippen LogP contribution in [-0.2, 0) is 46.2 Å². The standard InChI is InChI=1S/C28H24N4O8S2/c33-31(34)25-9-13-27(14-10-25)41(37,38)29-17-21-1-2-22(4-3-21)18-30(20-24-7-5-23(19-29)6-8-24)42(39,40)28-15-11-26(12-16-28)32(35)36/h1-16H,17-20H2. The molecule has 42 heavy (non-hydrogen) atoms. The van der Waals surface area contributed by atoms with E-state index >= 15 is 0 Å². The lowest BCUT2D eigenvalue weighted by molar-refractivity contribution is -0.385. The Morgan fingerprint density at radius 2 is 0.690 bits per heavy atom. The van der Waals surface area contributed by atoms with Crippen molar-refractivity contribution in [2.24, 2.45) is 0 Å². The summed E-state index contributed by atoms with van der Waals surface area (Å²) in [5, 5.41) is 22.1. The van der Waals surface area contributed by atoms with E-state index < -0.39 is 29.9 Å². The van der Waals surface area contributed by atoms with E-state index in [2.05, 4.69) is 0 Å². The molecule has 0 amide bonds. The van der Waals surface area contributed by atoms with Crippen LogP contribution in [0.3, 0.4) is 0 Å². The van der Waals surface area contributed by atoms with Gasteiger partial charge >= 0.3 is 0 Å². The van der Waals surface area contributed by atoms with Crippen molar-refractivity contribution >= 4 is 31.4 Å². The van der Waals surface area contributed by atoms with Gasteiger partial charge in [0.15, 0.2) is 0 Å². The summed E-state index contributed by atoms with van der Waals surface area (Å²) in [6.07, 6.45) is 0. The average Bonchev–Trinajstić information content (AvgIpc) is 2.98. The van der Waals surface area contributed by atoms with E-state index in [0.717, 1.165) is 24.3 Å². The molecule has 4 aliphatic heterocycles. The molecule has 12 nitrogen and oxygen atoms in total. The second-order valence-electron chi connectivity index (χ2n) is 9.68. The lowest BCUT2D eigenvalue weighted by Gasteiger charge is -2.25. The average molecular weight is 609 g/mol. The number of nitrogens with zero attached hydrogens (tertiary/aromatic N) is 4. The molecule has 14 heteroatoms. The van der Waals surface area contributed by atoms with Gasteiger partial charge in [-0.3, -0.25) is 20.2 Å². The number of nitro benzene ring substituents is 2. The van der Waals surface area contributed by atoms with Crippen molar-refractivity contribution in [3.63, 3.8) is 0 Å². The van der Waals surface area contributed by atoms with Crippen molar-refractivity contribution in [2.75, 3.05) is 0 Å². The normalized spacial score (nSPS) is 14.9. The van der Waals surface area contributed by atoms with Gasteiger partial charge in [0, 0.05) is 50.4 Å². The molecule has 0 aliphatic carbocycles. The van der Waals surface area contributed by atoms with Crippen LogP contribution in [0.25, 0.3) is 0 Å². The van der Waals surface area contributed by atoms with Crippen LogP contribution in [0.5, 0.6) is 0 Å². The highest BCUT2D eigenvalue weighted by atomic mass is 32.2. The SMILES string of the molecule is O=[N+]([O-])c1ccc(S(=O)(=O)N2Cc3ccc(cc3)CN(S(=O)(=O)c3ccc([N+](=O)[O-])cc3)Cc3ccc(cc3)C2)cc1. The monoisotopic (exact) mass is 608 g/mol. The molecule has 4 aromatic rings. The minimum Gasteiger partial charge on any atom is -0.258 e. The van der Waals surface area contributed by atoms with E-state index in [9.17, 15) is 37.1 Å². The zero-order valence-corrected chi connectivity index (χ0v) is 23.6. The molecule has 216 valence electrons. The summed E-state index contributed by atoms with van der Waals surface area (Å²) in [7, 11) is -8.08. The third kappa shape index (κ3) is 6.06. The van der Waals surface area contributed by atoms with Gasteiger partial charge < -0.3 is 0 Å². The van der Waals surface area contributed by atoms with Crippen molar-refractivity contribution in [3.05, 3.63) is 140 Å². The fourth-order valence-corrected chi connectivity index (χ4v) is 7.38. The van der Waals surface area contributed by atoms with Crippen LogP contribution in [0.2, 0.25) is 0 Å². The van der Waals surface area contributed by atoms with Gasteiger partial charge in [0.1, 0.15) is 0 Å². The lowest BCUT2D eigenvalue weighted by Crippen LogP contribution is -2.31. The number of non-ortho nitro benzene ring substituents is 2. The van der Waals surface area contributed by atoms with Crippen molar-refractivity contribution in [3.8, 4) is 0 Å². The zero-order valence-electron chi connectivity index (χ0n) is 21.9. The van der Waals surface area contributed by atoms with Gasteiger partial charge in [-0.05, 0) is 46.5 Å². The Kier molecular flexibility index (Phi) is 7.88. The molecule has 0 radical (unpaired) electrons. The Morgan fingerprint density at radius 1 is 0.452 bits per heavy atom. The number of hydrogen-bond acceptors (Lipinski definition) is 8. The highest BCUT2D eigenvalue weighted by Gasteiger charge is 2.28. The van der Waals surface area contributed by atoms with E-state index in [-0.39, 0.29) is 47.3 Å². The Bertz CT molecular complexity index is 1650. The first kappa shape index (κ1) is 29.0. The second-order valence-corrected chi connectivity index (χ2v) is 13.6. The summed E-state index contributed by atoms with van der Waals surface area (Å²) in [4.78, 5) is 20.7. The van der Waals surface area contributed by atoms with E-state index in [1.807, 2.05) is 0 Å². The molecule has 0 fully saturated rings. The predicted molar refractivity (Wildman–Crippen MR) is 152 cm³/mol. The van der Waals surface area contributed by atoms with E-state index in [1.54, 1.807) is 48.5 Å². The van der Waals surface area contributed by atoms with E-state index in [1.165, 1.54) is 32.9 Å². The van der Waals surface area contributed by atoms with Gasteiger partial charge in [0.2, 0.25) is 20.0 Å². The first-order chi connectivity index (χ1) is 19.9. The smallest absolute Gasteiger partial charge is 0.258 e. The Labute approximate surface area is 241 Å². The maximum Gasteiger partial charge on any atom is 0.269 e. The molecule has 0 atom stereocenters. The summed E-state index contributed by atoms with van der Waals surface area (Å²) in [6.45, 7) is 0.0244. The quantitative estimate of drug-likeness (QED) is 0.227. The number of benzene rings is 4. The van der Waals surface area contributed by atoms with Crippen molar-refractivity contribution < 1.29 is 26.7 Å². The minimum atomic E-state index is -4.04. The number of nitro groups is 2. The molecule has 4 heterocycles. The van der Waals surface area contributed by atoms with Gasteiger partial charge in [-0.15, -0.1) is 0 Å². The maximum absolute atomic E-state index is 13.6. The molecule has 4 aliphatic rings. The fraction of sp³-hybridized carbons (Fsp3) is 0.143. The van der Waals surface area contributed by atoms with Crippen LogP contribution in [0, 0.1) is 20.2 Å². The van der Waals surface area contributed by atoms with Gasteiger partial charge in [0.25, 0.3) is 11.4 Å². The van der Waals surface area contributed by atoms with E-state index in [0.29, 0.717) is 22.3 Å². The zero-order chi connectivity index (χ0) is 30.1. The molecule has 0 aromatic heterocycles. The second kappa shape index (κ2) is 11.4. The van der Waals surface area contributed by atoms with Crippen LogP contribution in [0.15, 0.2) is 107 Å². The highest BCUT2D eigenvalue weighted by Crippen LogP contribution is 2.27. The molecule has 0 unspecified atom stereocenters. The lowest BCUT2D eigenvalue weighted by atomic mass is 10.1. The van der Waals surface area contributed by atoms with Crippen LogP contribution in [0.1, 0.15) is 22.3 Å². The Hall–Kier alpha value is -4.50. The van der Waals surface area contributed by atoms with Crippen LogP contribution in [0.4, 0.5) is 11.4 Å². The summed E-state index contributed by atoms with van der Waals surface area (Å²) in [6, 6.07) is 23.2. The van der Waals surface area contributed by atoms with Gasteiger partial charge in [-0.2, -0.15) is 8.61 Å². The molecule has 4 bridgehead atoms. The van der Waals surface area contributed by atoms with E-state index in [4.69, 9.17) is 0 Å². The highest BCUT2D eigenvalue weighted by molar-refractivity contribution is 7.89. The topological polar surface area (TPSA) is 161 Å². The minimum absolute atomic E-state index is 0.00611. The molecule has 0 N–H and O–H groups in total. The third-order valence-electron chi connectivity index (χ3n) is 6.85. The van der Waals surface area contributed by atoms with Gasteiger partial charge in [-0.1, -0.05) is 48.5 Å². The molecular weight excluding hydrogens is 584 g/mol. The Morgan fingerprint density at radius 3 is 0.905 bits per heavy atom. The summed E-state index contributed by atoms with van der Waals surface area (Å²) >= 11 is 0. The first-order valence-electron chi connectivity index (χ1n) is 12.6. The number of hydrogen-bond donors (Lipinski definition) is 0. The molecule has 4 aromatic carbocycles. The van der Waals surface area contributed by atoms with Crippen LogP contribution >= 0.6 is 0 Å². The van der Waals surface area contributed by atoms with Crippen LogP contribution in [-0.4, -0.2) is 35.3 Å². The summed E-state index contributed by atoms with van der Waals surface area (Å²) in [5.41, 5.74) is 2.19. The molecule has 0 saturated carbocycles. The van der Waals surface area contributed by atoms with Crippen molar-refractivity contribution in [1.82, 2.24) is 8.61 Å². The largest absolute Gasteiger partial charge is 0.269 e. The molecule has 0 spiro atoms. The third-order valence-corrected chi connectivity index (χ3v) is 10.5. The molecule has 8 rings (SSSR count). The predicted octanol–water partition coefficient (Wildman–Crippen LogP) is 4.60. The number of sulfonamides is 2. The summed E-state index contributed by atoms with van der Waals surface area (Å²) < 4.78 is 57.0. The molecule has 0 saturated heterocycles. The number of rotatable bonds is 6. The maximum atomic E-state index is 13.6. The van der Waals surface area contributed by atoms with Gasteiger partial charge in [-0.25, -0.2) is 16.8 Å². The van der Waals surface area contributed by atoms with Crippen LogP contribution < -0.4 is 0 Å². The van der Waals surface area contributed by atoms with Crippen molar-refractivity contribution in [2.45, 2.75) is 36.0 Å². The summed E-state index contributed by atoms with van der Waals surface area (Å²) in [5.74, 6) is 0. The van der Waals surface area contributed by atoms with Crippen molar-refractivity contribution in [1.29, 1.82) is 0 Å². The Balaban J connectivity index is 1.49. The molecular formula is C28H24N4O8S2. The van der Waals surface area contributed by atoms with Gasteiger partial charge in [0.05, 0.1) is 19.6 Å².